The molecule has 3 heterocycles. The number of benzene rings is 2. The van der Waals surface area contributed by atoms with Crippen LogP contribution in [0.2, 0.25) is 0 Å². The molecular weight excluding hydrogens is 486 g/mol. The highest BCUT2D eigenvalue weighted by molar-refractivity contribution is 7.17. The van der Waals surface area contributed by atoms with Crippen LogP contribution in [0.1, 0.15) is 43.9 Å². The molecule has 0 unspecified atom stereocenters. The normalized spacial score (nSPS) is 11.2. The van der Waals surface area contributed by atoms with Gasteiger partial charge in [-0.15, -0.1) is 11.3 Å². The predicted octanol–water partition coefficient (Wildman–Crippen LogP) is 4.77. The number of nitrogens with zero attached hydrogens (tertiary/aromatic N) is 2. The van der Waals surface area contributed by atoms with Crippen LogP contribution in [-0.4, -0.2) is 15.0 Å². The van der Waals surface area contributed by atoms with Gasteiger partial charge in [0, 0.05) is 5.56 Å². The summed E-state index contributed by atoms with van der Waals surface area (Å²) in [4.78, 5) is 39.4. The SMILES string of the molecule is Cc1cc(C)c(Cn2c(=O)n(Cc3ccc(C(=O)NCc4ccco4)cc3)c(=O)c3sccc32)c(C)c1. The van der Waals surface area contributed by atoms with E-state index in [1.807, 2.05) is 25.3 Å². The Balaban J connectivity index is 1.44. The van der Waals surface area contributed by atoms with E-state index in [2.05, 4.69) is 24.4 Å². The summed E-state index contributed by atoms with van der Waals surface area (Å²) in [5, 5.41) is 4.65. The second-order valence-corrected chi connectivity index (χ2v) is 10.1. The average Bonchev–Trinajstić information content (AvgIpc) is 3.57. The van der Waals surface area contributed by atoms with E-state index in [4.69, 9.17) is 4.42 Å². The van der Waals surface area contributed by atoms with Gasteiger partial charge in [0.1, 0.15) is 10.5 Å². The van der Waals surface area contributed by atoms with Crippen LogP contribution in [0, 0.1) is 20.8 Å². The number of carbonyl (C=O) groups is 1. The summed E-state index contributed by atoms with van der Waals surface area (Å²) in [6, 6.07) is 16.5. The molecule has 0 atom stereocenters. The molecule has 0 aliphatic carbocycles. The van der Waals surface area contributed by atoms with Crippen LogP contribution in [-0.2, 0) is 19.6 Å². The van der Waals surface area contributed by atoms with E-state index in [-0.39, 0.29) is 23.7 Å². The first-order valence-corrected chi connectivity index (χ1v) is 12.9. The maximum Gasteiger partial charge on any atom is 0.332 e. The van der Waals surface area contributed by atoms with Crippen molar-refractivity contribution in [2.24, 2.45) is 0 Å². The number of thiophene rings is 1. The Morgan fingerprint density at radius 3 is 2.35 bits per heavy atom. The van der Waals surface area contributed by atoms with Gasteiger partial charge in [-0.3, -0.25) is 18.7 Å². The average molecular weight is 514 g/mol. The summed E-state index contributed by atoms with van der Waals surface area (Å²) in [7, 11) is 0. The highest BCUT2D eigenvalue weighted by Crippen LogP contribution is 2.21. The Labute approximate surface area is 217 Å². The fourth-order valence-electron chi connectivity index (χ4n) is 4.67. The number of aryl methyl sites for hydroxylation is 3. The maximum atomic E-state index is 13.6. The zero-order valence-electron chi connectivity index (χ0n) is 20.9. The number of aromatic nitrogens is 2. The summed E-state index contributed by atoms with van der Waals surface area (Å²) >= 11 is 1.34. The van der Waals surface area contributed by atoms with Gasteiger partial charge in [0.25, 0.3) is 11.5 Å². The number of fused-ring (bicyclic) bond motifs is 1. The Kier molecular flexibility index (Phi) is 6.67. The fraction of sp³-hybridized carbons (Fsp3) is 0.207. The molecule has 0 aliphatic rings. The van der Waals surface area contributed by atoms with Crippen LogP contribution in [0.15, 0.2) is 80.2 Å². The fourth-order valence-corrected chi connectivity index (χ4v) is 5.51. The molecule has 7 nitrogen and oxygen atoms in total. The van der Waals surface area contributed by atoms with Gasteiger partial charge in [0.05, 0.1) is 31.4 Å². The minimum atomic E-state index is -0.351. The van der Waals surface area contributed by atoms with E-state index >= 15 is 0 Å². The van der Waals surface area contributed by atoms with Crippen molar-refractivity contribution in [2.75, 3.05) is 0 Å². The lowest BCUT2D eigenvalue weighted by Crippen LogP contribution is -2.40. The second kappa shape index (κ2) is 10.1. The van der Waals surface area contributed by atoms with Crippen molar-refractivity contribution in [3.63, 3.8) is 0 Å². The monoisotopic (exact) mass is 513 g/mol. The lowest BCUT2D eigenvalue weighted by atomic mass is 10.00. The molecule has 1 amide bonds. The molecule has 0 spiro atoms. The Morgan fingerprint density at radius 2 is 1.68 bits per heavy atom. The number of hydrogen-bond acceptors (Lipinski definition) is 5. The van der Waals surface area contributed by atoms with Crippen molar-refractivity contribution < 1.29 is 9.21 Å². The molecule has 5 rings (SSSR count). The quantitative estimate of drug-likeness (QED) is 0.340. The summed E-state index contributed by atoms with van der Waals surface area (Å²) in [5.41, 5.74) is 5.73. The highest BCUT2D eigenvalue weighted by Gasteiger charge is 2.17. The molecule has 37 heavy (non-hydrogen) atoms. The van der Waals surface area contributed by atoms with Crippen LogP contribution in [0.5, 0.6) is 0 Å². The van der Waals surface area contributed by atoms with Crippen molar-refractivity contribution in [1.82, 2.24) is 14.5 Å². The molecule has 0 saturated heterocycles. The third kappa shape index (κ3) is 4.93. The summed E-state index contributed by atoms with van der Waals surface area (Å²) < 4.78 is 8.76. The molecule has 0 aliphatic heterocycles. The molecule has 1 N–H and O–H groups in total. The summed E-state index contributed by atoms with van der Waals surface area (Å²) in [6.45, 7) is 6.95. The largest absolute Gasteiger partial charge is 0.467 e. The molecule has 0 bridgehead atoms. The molecule has 188 valence electrons. The van der Waals surface area contributed by atoms with Crippen LogP contribution < -0.4 is 16.6 Å². The number of furan rings is 1. The van der Waals surface area contributed by atoms with Gasteiger partial charge < -0.3 is 9.73 Å². The zero-order chi connectivity index (χ0) is 26.1. The van der Waals surface area contributed by atoms with Crippen molar-refractivity contribution in [3.8, 4) is 0 Å². The molecule has 0 saturated carbocycles. The van der Waals surface area contributed by atoms with Crippen molar-refractivity contribution in [2.45, 2.75) is 40.4 Å². The first-order chi connectivity index (χ1) is 17.8. The first-order valence-electron chi connectivity index (χ1n) is 12.0. The lowest BCUT2D eigenvalue weighted by molar-refractivity contribution is 0.0948. The lowest BCUT2D eigenvalue weighted by Gasteiger charge is -2.16. The van der Waals surface area contributed by atoms with E-state index < -0.39 is 0 Å². The number of nitrogens with one attached hydrogen (secondary N) is 1. The number of amides is 1. The Hall–Kier alpha value is -4.17. The number of hydrogen-bond donors (Lipinski definition) is 1. The Morgan fingerprint density at radius 1 is 0.946 bits per heavy atom. The molecule has 0 fully saturated rings. The van der Waals surface area contributed by atoms with Crippen LogP contribution in [0.25, 0.3) is 10.2 Å². The molecular formula is C29H27N3O4S. The highest BCUT2D eigenvalue weighted by atomic mass is 32.1. The van der Waals surface area contributed by atoms with Gasteiger partial charge >= 0.3 is 5.69 Å². The smallest absolute Gasteiger partial charge is 0.332 e. The number of rotatable bonds is 7. The van der Waals surface area contributed by atoms with E-state index in [1.54, 1.807) is 47.2 Å². The van der Waals surface area contributed by atoms with Crippen LogP contribution in [0.3, 0.4) is 0 Å². The standard InChI is InChI=1S/C29H27N3O4S/c1-18-13-19(2)24(20(3)14-18)17-31-25-10-12-37-26(25)28(34)32(29(31)35)16-21-6-8-22(9-7-21)27(33)30-15-23-5-4-11-36-23/h4-14H,15-17H2,1-3H3,(H,30,33). The minimum Gasteiger partial charge on any atom is -0.467 e. The van der Waals surface area contributed by atoms with Gasteiger partial charge in [0.15, 0.2) is 0 Å². The van der Waals surface area contributed by atoms with Crippen molar-refractivity contribution in [1.29, 1.82) is 0 Å². The van der Waals surface area contributed by atoms with Gasteiger partial charge in [-0.1, -0.05) is 29.8 Å². The van der Waals surface area contributed by atoms with Crippen LogP contribution in [0.4, 0.5) is 0 Å². The third-order valence-electron chi connectivity index (χ3n) is 6.55. The molecule has 5 aromatic rings. The van der Waals surface area contributed by atoms with Gasteiger partial charge in [-0.2, -0.15) is 0 Å². The van der Waals surface area contributed by atoms with E-state index in [9.17, 15) is 14.4 Å². The van der Waals surface area contributed by atoms with E-state index in [1.165, 1.54) is 21.5 Å². The van der Waals surface area contributed by atoms with E-state index in [0.29, 0.717) is 34.6 Å². The van der Waals surface area contributed by atoms with Crippen molar-refractivity contribution >= 4 is 27.5 Å². The van der Waals surface area contributed by atoms with Crippen LogP contribution >= 0.6 is 11.3 Å². The number of carbonyl (C=O) groups excluding carboxylic acids is 1. The maximum absolute atomic E-state index is 13.6. The molecule has 3 aromatic heterocycles. The zero-order valence-corrected chi connectivity index (χ0v) is 21.7. The van der Waals surface area contributed by atoms with Crippen molar-refractivity contribution in [3.05, 3.63) is 126 Å². The summed E-state index contributed by atoms with van der Waals surface area (Å²) in [5.74, 6) is 0.437. The van der Waals surface area contributed by atoms with Gasteiger partial charge in [0.2, 0.25) is 0 Å². The van der Waals surface area contributed by atoms with Gasteiger partial charge in [-0.25, -0.2) is 4.79 Å². The molecule has 8 heteroatoms. The molecule has 0 radical (unpaired) electrons. The summed E-state index contributed by atoms with van der Waals surface area (Å²) in [6.07, 6.45) is 1.56. The Bertz CT molecular complexity index is 1680. The topological polar surface area (TPSA) is 86.2 Å². The van der Waals surface area contributed by atoms with E-state index in [0.717, 1.165) is 22.3 Å². The molecule has 2 aromatic carbocycles. The second-order valence-electron chi connectivity index (χ2n) is 9.23. The van der Waals surface area contributed by atoms with Gasteiger partial charge in [-0.05, 0) is 78.7 Å². The minimum absolute atomic E-state index is 0.117. The third-order valence-corrected chi connectivity index (χ3v) is 7.44. The predicted molar refractivity (Wildman–Crippen MR) is 146 cm³/mol. The first kappa shape index (κ1) is 24.5.